The van der Waals surface area contributed by atoms with E-state index in [9.17, 15) is 4.79 Å². The first-order valence-corrected chi connectivity index (χ1v) is 5.83. The number of nitrogens with zero attached hydrogens (tertiary/aromatic N) is 1. The number of hydrogen-bond acceptors (Lipinski definition) is 3. The van der Waals surface area contributed by atoms with Gasteiger partial charge in [-0.1, -0.05) is 30.3 Å². The summed E-state index contributed by atoms with van der Waals surface area (Å²) < 4.78 is 4.83. The van der Waals surface area contributed by atoms with E-state index in [-0.39, 0.29) is 5.97 Å². The maximum absolute atomic E-state index is 11.6. The van der Waals surface area contributed by atoms with Gasteiger partial charge in [0.15, 0.2) is 0 Å². The van der Waals surface area contributed by atoms with E-state index in [1.807, 2.05) is 37.3 Å². The quantitative estimate of drug-likeness (QED) is 0.590. The fourth-order valence-corrected chi connectivity index (χ4v) is 1.98. The third-order valence-electron chi connectivity index (χ3n) is 3.36. The molecule has 0 aliphatic heterocycles. The third-order valence-corrected chi connectivity index (χ3v) is 3.36. The van der Waals surface area contributed by atoms with E-state index in [0.29, 0.717) is 6.54 Å². The summed E-state index contributed by atoms with van der Waals surface area (Å²) in [4.78, 5) is 16.2. The first-order chi connectivity index (χ1) is 8.19. The Balaban J connectivity index is 2.06. The summed E-state index contributed by atoms with van der Waals surface area (Å²) in [7, 11) is 1.44. The average Bonchev–Trinajstić information content (AvgIpc) is 3.17. The van der Waals surface area contributed by atoms with Crippen molar-refractivity contribution >= 4 is 11.7 Å². The molecule has 1 aliphatic rings. The topological polar surface area (TPSA) is 38.7 Å². The zero-order chi connectivity index (χ0) is 12.3. The van der Waals surface area contributed by atoms with Crippen molar-refractivity contribution in [3.63, 3.8) is 0 Å². The highest BCUT2D eigenvalue weighted by Crippen LogP contribution is 2.48. The van der Waals surface area contributed by atoms with Crippen LogP contribution in [0.4, 0.5) is 0 Å². The Labute approximate surface area is 102 Å². The Morgan fingerprint density at radius 2 is 2.00 bits per heavy atom. The van der Waals surface area contributed by atoms with Crippen LogP contribution in [0.25, 0.3) is 0 Å². The van der Waals surface area contributed by atoms with E-state index in [4.69, 9.17) is 4.74 Å². The molecule has 90 valence electrons. The van der Waals surface area contributed by atoms with Gasteiger partial charge in [0.1, 0.15) is 5.41 Å². The van der Waals surface area contributed by atoms with Crippen molar-refractivity contribution in [2.75, 3.05) is 7.11 Å². The summed E-state index contributed by atoms with van der Waals surface area (Å²) in [6, 6.07) is 10.0. The molecule has 1 aromatic carbocycles. The van der Waals surface area contributed by atoms with Crippen molar-refractivity contribution < 1.29 is 9.53 Å². The molecule has 2 rings (SSSR count). The van der Waals surface area contributed by atoms with E-state index >= 15 is 0 Å². The van der Waals surface area contributed by atoms with Crippen LogP contribution < -0.4 is 0 Å². The van der Waals surface area contributed by atoms with E-state index in [1.54, 1.807) is 0 Å². The number of hydrogen-bond donors (Lipinski definition) is 0. The standard InChI is InChI=1S/C14H17NO2/c1-11(14(8-9-14)13(16)17-2)15-10-12-6-4-3-5-7-12/h3-7H,8-10H2,1-2H3. The zero-order valence-corrected chi connectivity index (χ0v) is 10.3. The van der Waals surface area contributed by atoms with Gasteiger partial charge in [-0.2, -0.15) is 0 Å². The fourth-order valence-electron chi connectivity index (χ4n) is 1.98. The Kier molecular flexibility index (Phi) is 3.27. The first kappa shape index (κ1) is 11.8. The largest absolute Gasteiger partial charge is 0.468 e. The zero-order valence-electron chi connectivity index (χ0n) is 10.3. The Hall–Kier alpha value is -1.64. The third kappa shape index (κ3) is 2.38. The second-order valence-electron chi connectivity index (χ2n) is 4.46. The molecule has 0 N–H and O–H groups in total. The smallest absolute Gasteiger partial charge is 0.317 e. The van der Waals surface area contributed by atoms with Gasteiger partial charge in [0, 0.05) is 5.71 Å². The highest BCUT2D eigenvalue weighted by molar-refractivity contribution is 6.08. The molecule has 1 aliphatic carbocycles. The van der Waals surface area contributed by atoms with Crippen LogP contribution in [-0.4, -0.2) is 18.8 Å². The number of carbonyl (C=O) groups is 1. The second-order valence-corrected chi connectivity index (χ2v) is 4.46. The van der Waals surface area contributed by atoms with Crippen molar-refractivity contribution in [2.45, 2.75) is 26.3 Å². The maximum atomic E-state index is 11.6. The Morgan fingerprint density at radius 1 is 1.35 bits per heavy atom. The number of esters is 1. The summed E-state index contributed by atoms with van der Waals surface area (Å²) in [6.45, 7) is 2.55. The predicted molar refractivity (Wildman–Crippen MR) is 66.9 cm³/mol. The molecule has 0 unspecified atom stereocenters. The van der Waals surface area contributed by atoms with Gasteiger partial charge in [-0.15, -0.1) is 0 Å². The minimum absolute atomic E-state index is 0.146. The van der Waals surface area contributed by atoms with Crippen molar-refractivity contribution in [3.8, 4) is 0 Å². The lowest BCUT2D eigenvalue weighted by atomic mass is 10.0. The van der Waals surface area contributed by atoms with Crippen LogP contribution in [0.5, 0.6) is 0 Å². The number of carbonyl (C=O) groups excluding carboxylic acids is 1. The number of methoxy groups -OCH3 is 1. The number of rotatable bonds is 4. The first-order valence-electron chi connectivity index (χ1n) is 5.83. The van der Waals surface area contributed by atoms with Gasteiger partial charge in [-0.05, 0) is 25.3 Å². The van der Waals surface area contributed by atoms with Gasteiger partial charge in [0.05, 0.1) is 13.7 Å². The molecule has 1 fully saturated rings. The number of benzene rings is 1. The molecule has 0 saturated heterocycles. The number of ether oxygens (including phenoxy) is 1. The molecule has 0 atom stereocenters. The van der Waals surface area contributed by atoms with Crippen LogP contribution in [0, 0.1) is 5.41 Å². The van der Waals surface area contributed by atoms with Gasteiger partial charge < -0.3 is 4.74 Å². The van der Waals surface area contributed by atoms with Crippen LogP contribution in [0.2, 0.25) is 0 Å². The number of aliphatic imine (C=N–C) groups is 1. The Bertz CT molecular complexity index is 433. The van der Waals surface area contributed by atoms with E-state index < -0.39 is 5.41 Å². The van der Waals surface area contributed by atoms with E-state index in [2.05, 4.69) is 4.99 Å². The lowest BCUT2D eigenvalue weighted by Gasteiger charge is -2.12. The Morgan fingerprint density at radius 3 is 2.53 bits per heavy atom. The van der Waals surface area contributed by atoms with Gasteiger partial charge >= 0.3 is 5.97 Å². The van der Waals surface area contributed by atoms with Gasteiger partial charge in [0.2, 0.25) is 0 Å². The molecule has 0 amide bonds. The monoisotopic (exact) mass is 231 g/mol. The molecule has 0 heterocycles. The minimum atomic E-state index is -0.413. The summed E-state index contributed by atoms with van der Waals surface area (Å²) in [5, 5.41) is 0. The second kappa shape index (κ2) is 4.70. The van der Waals surface area contributed by atoms with Crippen LogP contribution in [-0.2, 0) is 16.1 Å². The molecular weight excluding hydrogens is 214 g/mol. The lowest BCUT2D eigenvalue weighted by Crippen LogP contribution is -2.25. The summed E-state index contributed by atoms with van der Waals surface area (Å²) in [5.74, 6) is -0.146. The fraction of sp³-hybridized carbons (Fsp3) is 0.429. The minimum Gasteiger partial charge on any atom is -0.468 e. The van der Waals surface area contributed by atoms with Gasteiger partial charge in [0.25, 0.3) is 0 Å². The van der Waals surface area contributed by atoms with Crippen LogP contribution in [0.1, 0.15) is 25.3 Å². The summed E-state index contributed by atoms with van der Waals surface area (Å²) >= 11 is 0. The molecule has 1 saturated carbocycles. The molecule has 0 radical (unpaired) electrons. The summed E-state index contributed by atoms with van der Waals surface area (Å²) in [6.07, 6.45) is 1.73. The molecule has 3 heteroatoms. The van der Waals surface area contributed by atoms with Gasteiger partial charge in [-0.25, -0.2) is 0 Å². The molecule has 17 heavy (non-hydrogen) atoms. The molecule has 3 nitrogen and oxygen atoms in total. The van der Waals surface area contributed by atoms with E-state index in [0.717, 1.165) is 24.1 Å². The highest BCUT2D eigenvalue weighted by Gasteiger charge is 2.53. The molecular formula is C14H17NO2. The predicted octanol–water partition coefficient (Wildman–Crippen LogP) is 2.60. The normalized spacial score (nSPS) is 17.6. The molecule has 0 bridgehead atoms. The lowest BCUT2D eigenvalue weighted by molar-refractivity contribution is -0.144. The van der Waals surface area contributed by atoms with E-state index in [1.165, 1.54) is 7.11 Å². The SMILES string of the molecule is COC(=O)C1(C(C)=NCc2ccccc2)CC1. The average molecular weight is 231 g/mol. The van der Waals surface area contributed by atoms with Crippen molar-refractivity contribution in [2.24, 2.45) is 10.4 Å². The highest BCUT2D eigenvalue weighted by atomic mass is 16.5. The van der Waals surface area contributed by atoms with Gasteiger partial charge in [-0.3, -0.25) is 9.79 Å². The van der Waals surface area contributed by atoms with Crippen LogP contribution in [0.3, 0.4) is 0 Å². The van der Waals surface area contributed by atoms with Crippen molar-refractivity contribution in [1.82, 2.24) is 0 Å². The molecule has 1 aromatic rings. The van der Waals surface area contributed by atoms with Crippen molar-refractivity contribution in [3.05, 3.63) is 35.9 Å². The molecule has 0 spiro atoms. The molecule has 0 aromatic heterocycles. The van der Waals surface area contributed by atoms with Crippen molar-refractivity contribution in [1.29, 1.82) is 0 Å². The maximum Gasteiger partial charge on any atom is 0.317 e. The summed E-state index contributed by atoms with van der Waals surface area (Å²) in [5.41, 5.74) is 1.64. The van der Waals surface area contributed by atoms with Crippen LogP contribution >= 0.6 is 0 Å². The van der Waals surface area contributed by atoms with Crippen LogP contribution in [0.15, 0.2) is 35.3 Å².